The average Bonchev–Trinajstić information content (AvgIpc) is 3.52. The van der Waals surface area contributed by atoms with E-state index < -0.39 is 21.6 Å². The van der Waals surface area contributed by atoms with Crippen molar-refractivity contribution in [3.05, 3.63) is 51.5 Å². The SMILES string of the molecule is Cc1sc(-c2nc(Nc3cc4c(cc3C3CC3)CNCC4)ncc2C(F)(F)F)cc1S(C)(=O)=O. The molecule has 1 saturated carbocycles. The highest BCUT2D eigenvalue weighted by Gasteiger charge is 2.36. The maximum atomic E-state index is 13.8. The third kappa shape index (κ3) is 4.56. The fraction of sp³-hybridized carbons (Fsp3) is 0.391. The van der Waals surface area contributed by atoms with Gasteiger partial charge in [-0.15, -0.1) is 11.3 Å². The highest BCUT2D eigenvalue weighted by molar-refractivity contribution is 7.91. The lowest BCUT2D eigenvalue weighted by molar-refractivity contribution is -0.137. The Bertz CT molecular complexity index is 1380. The molecule has 0 radical (unpaired) electrons. The Morgan fingerprint density at radius 1 is 1.18 bits per heavy atom. The molecule has 0 spiro atoms. The van der Waals surface area contributed by atoms with E-state index in [1.165, 1.54) is 17.2 Å². The van der Waals surface area contributed by atoms with Crippen LogP contribution in [0.4, 0.5) is 24.8 Å². The summed E-state index contributed by atoms with van der Waals surface area (Å²) in [5.74, 6) is 0.464. The fourth-order valence-electron chi connectivity index (χ4n) is 4.30. The molecule has 0 atom stereocenters. The van der Waals surface area contributed by atoms with Gasteiger partial charge in [0.1, 0.15) is 5.56 Å². The molecule has 2 aromatic heterocycles. The number of aryl methyl sites for hydroxylation is 1. The molecule has 180 valence electrons. The van der Waals surface area contributed by atoms with Gasteiger partial charge in [-0.05, 0) is 67.5 Å². The molecule has 6 nitrogen and oxygen atoms in total. The van der Waals surface area contributed by atoms with E-state index in [9.17, 15) is 21.6 Å². The van der Waals surface area contributed by atoms with Crippen LogP contribution in [0.2, 0.25) is 0 Å². The van der Waals surface area contributed by atoms with Crippen LogP contribution < -0.4 is 10.6 Å². The zero-order valence-corrected chi connectivity index (χ0v) is 20.2. The van der Waals surface area contributed by atoms with Crippen LogP contribution >= 0.6 is 11.3 Å². The minimum absolute atomic E-state index is 0.00747. The first kappa shape index (κ1) is 23.3. The quantitative estimate of drug-likeness (QED) is 0.493. The number of thiophene rings is 1. The molecule has 3 aromatic rings. The second kappa shape index (κ2) is 8.31. The molecular weight excluding hydrogens is 485 g/mol. The molecule has 0 bridgehead atoms. The Morgan fingerprint density at radius 3 is 2.59 bits per heavy atom. The van der Waals surface area contributed by atoms with Gasteiger partial charge in [-0.2, -0.15) is 13.2 Å². The maximum absolute atomic E-state index is 13.8. The Labute approximate surface area is 199 Å². The van der Waals surface area contributed by atoms with E-state index in [2.05, 4.69) is 32.7 Å². The van der Waals surface area contributed by atoms with Crippen molar-refractivity contribution in [2.24, 2.45) is 0 Å². The molecule has 1 aromatic carbocycles. The lowest BCUT2D eigenvalue weighted by Crippen LogP contribution is -2.24. The standard InChI is InChI=1S/C23H23F3N4O2S2/c1-12-20(34(2,31)32)9-19(33-12)21-17(23(24,25)26)11-28-22(30-21)29-18-8-14-5-6-27-10-15(14)7-16(18)13-3-4-13/h7-9,11,13,27H,3-6,10H2,1-2H3,(H,28,29,30). The zero-order valence-electron chi connectivity index (χ0n) is 18.6. The number of halogens is 3. The van der Waals surface area contributed by atoms with E-state index in [-0.39, 0.29) is 21.4 Å². The summed E-state index contributed by atoms with van der Waals surface area (Å²) < 4.78 is 65.4. The van der Waals surface area contributed by atoms with Crippen LogP contribution in [-0.2, 0) is 29.0 Å². The van der Waals surface area contributed by atoms with Gasteiger partial charge in [-0.1, -0.05) is 6.07 Å². The highest BCUT2D eigenvalue weighted by Crippen LogP contribution is 2.46. The Kier molecular flexibility index (Phi) is 5.69. The molecule has 2 N–H and O–H groups in total. The van der Waals surface area contributed by atoms with Crippen molar-refractivity contribution < 1.29 is 21.6 Å². The summed E-state index contributed by atoms with van der Waals surface area (Å²) in [4.78, 5) is 8.76. The van der Waals surface area contributed by atoms with Crippen LogP contribution in [0.5, 0.6) is 0 Å². The summed E-state index contributed by atoms with van der Waals surface area (Å²) in [7, 11) is -3.58. The molecule has 0 unspecified atom stereocenters. The first-order valence-electron chi connectivity index (χ1n) is 10.9. The second-order valence-corrected chi connectivity index (χ2v) is 12.0. The van der Waals surface area contributed by atoms with Crippen LogP contribution in [0.15, 0.2) is 29.3 Å². The van der Waals surface area contributed by atoms with Crippen molar-refractivity contribution in [3.8, 4) is 10.6 Å². The fourth-order valence-corrected chi connectivity index (χ4v) is 6.73. The van der Waals surface area contributed by atoms with Crippen LogP contribution in [-0.4, -0.2) is 31.2 Å². The predicted octanol–water partition coefficient (Wildman–Crippen LogP) is 5.20. The number of nitrogens with one attached hydrogen (secondary N) is 2. The number of sulfone groups is 1. The van der Waals surface area contributed by atoms with Crippen molar-refractivity contribution in [2.75, 3.05) is 18.1 Å². The zero-order chi connectivity index (χ0) is 24.3. The monoisotopic (exact) mass is 508 g/mol. The van der Waals surface area contributed by atoms with E-state index in [1.807, 2.05) is 0 Å². The summed E-state index contributed by atoms with van der Waals surface area (Å²) in [5.41, 5.74) is 3.05. The molecule has 1 fully saturated rings. The summed E-state index contributed by atoms with van der Waals surface area (Å²) in [5, 5.41) is 6.53. The van der Waals surface area contributed by atoms with E-state index in [1.54, 1.807) is 6.92 Å². The number of anilines is 2. The molecule has 34 heavy (non-hydrogen) atoms. The van der Waals surface area contributed by atoms with Gasteiger partial charge in [-0.3, -0.25) is 0 Å². The third-order valence-electron chi connectivity index (χ3n) is 6.12. The summed E-state index contributed by atoms with van der Waals surface area (Å²) in [6.07, 6.45) is 0.130. The molecule has 2 aliphatic rings. The van der Waals surface area contributed by atoms with Crippen LogP contribution in [0.25, 0.3) is 10.6 Å². The number of aromatic nitrogens is 2. The first-order chi connectivity index (χ1) is 16.0. The van der Waals surface area contributed by atoms with E-state index in [4.69, 9.17) is 0 Å². The minimum atomic E-state index is -4.69. The van der Waals surface area contributed by atoms with E-state index in [0.717, 1.165) is 67.4 Å². The van der Waals surface area contributed by atoms with Crippen molar-refractivity contribution in [1.29, 1.82) is 0 Å². The Morgan fingerprint density at radius 2 is 1.94 bits per heavy atom. The molecule has 11 heteroatoms. The number of alkyl halides is 3. The van der Waals surface area contributed by atoms with Gasteiger partial charge in [0, 0.05) is 29.6 Å². The van der Waals surface area contributed by atoms with E-state index in [0.29, 0.717) is 10.8 Å². The number of fused-ring (bicyclic) bond motifs is 1. The van der Waals surface area contributed by atoms with E-state index >= 15 is 0 Å². The third-order valence-corrected chi connectivity index (χ3v) is 8.53. The molecule has 1 aliphatic carbocycles. The first-order valence-corrected chi connectivity index (χ1v) is 13.6. The van der Waals surface area contributed by atoms with Crippen molar-refractivity contribution >= 4 is 32.8 Å². The lowest BCUT2D eigenvalue weighted by Gasteiger charge is -2.21. The second-order valence-electron chi connectivity index (χ2n) is 8.79. The van der Waals surface area contributed by atoms with Gasteiger partial charge >= 0.3 is 6.18 Å². The molecule has 1 aliphatic heterocycles. The number of hydrogen-bond acceptors (Lipinski definition) is 7. The summed E-state index contributed by atoms with van der Waals surface area (Å²) in [6.45, 7) is 3.25. The predicted molar refractivity (Wildman–Crippen MR) is 125 cm³/mol. The number of rotatable bonds is 5. The minimum Gasteiger partial charge on any atom is -0.324 e. The number of hydrogen-bond donors (Lipinski definition) is 2. The molecule has 5 rings (SSSR count). The van der Waals surface area contributed by atoms with Crippen molar-refractivity contribution in [3.63, 3.8) is 0 Å². The topological polar surface area (TPSA) is 84.0 Å². The van der Waals surface area contributed by atoms with Gasteiger partial charge in [-0.25, -0.2) is 18.4 Å². The van der Waals surface area contributed by atoms with Gasteiger partial charge in [0.2, 0.25) is 5.95 Å². The van der Waals surface area contributed by atoms with Gasteiger partial charge < -0.3 is 10.6 Å². The molecule has 3 heterocycles. The summed E-state index contributed by atoms with van der Waals surface area (Å²) >= 11 is 0.972. The normalized spacial score (nSPS) is 16.4. The average molecular weight is 509 g/mol. The van der Waals surface area contributed by atoms with Gasteiger partial charge in [0.15, 0.2) is 9.84 Å². The lowest BCUT2D eigenvalue weighted by atomic mass is 9.95. The number of benzene rings is 1. The van der Waals surface area contributed by atoms with Gasteiger partial charge in [0.25, 0.3) is 0 Å². The molecule has 0 amide bonds. The van der Waals surface area contributed by atoms with Gasteiger partial charge in [0.05, 0.1) is 15.5 Å². The Balaban J connectivity index is 1.59. The smallest absolute Gasteiger partial charge is 0.324 e. The van der Waals surface area contributed by atoms with Crippen LogP contribution in [0.3, 0.4) is 0 Å². The molecular formula is C23H23F3N4O2S2. The maximum Gasteiger partial charge on any atom is 0.420 e. The van der Waals surface area contributed by atoms with Crippen LogP contribution in [0, 0.1) is 6.92 Å². The summed E-state index contributed by atoms with van der Waals surface area (Å²) in [6, 6.07) is 5.49. The Hall–Kier alpha value is -2.50. The highest BCUT2D eigenvalue weighted by atomic mass is 32.2. The van der Waals surface area contributed by atoms with Crippen molar-refractivity contribution in [1.82, 2.24) is 15.3 Å². The number of nitrogens with zero attached hydrogens (tertiary/aromatic N) is 2. The van der Waals surface area contributed by atoms with Crippen molar-refractivity contribution in [2.45, 2.75) is 49.7 Å². The molecule has 0 saturated heterocycles. The van der Waals surface area contributed by atoms with Crippen LogP contribution in [0.1, 0.15) is 45.9 Å². The largest absolute Gasteiger partial charge is 0.420 e.